The molecule has 2 unspecified atom stereocenters. The van der Waals surface area contributed by atoms with E-state index in [1.165, 1.54) is 17.5 Å². The molecule has 0 aliphatic heterocycles. The molecular formula is C15H26N2. The fourth-order valence-corrected chi connectivity index (χ4v) is 2.56. The van der Waals surface area contributed by atoms with Crippen molar-refractivity contribution in [1.82, 2.24) is 10.3 Å². The van der Waals surface area contributed by atoms with E-state index in [1.807, 2.05) is 12.4 Å². The van der Waals surface area contributed by atoms with Crippen molar-refractivity contribution >= 4 is 0 Å². The smallest absolute Gasteiger partial charge is 0.0299 e. The second kappa shape index (κ2) is 6.75. The highest BCUT2D eigenvalue weighted by molar-refractivity contribution is 5.27. The third-order valence-corrected chi connectivity index (χ3v) is 3.40. The molecule has 0 fully saturated rings. The molecule has 0 aliphatic rings. The Bertz CT molecular complexity index is 333. The van der Waals surface area contributed by atoms with E-state index in [0.717, 1.165) is 6.54 Å². The summed E-state index contributed by atoms with van der Waals surface area (Å²) in [6.45, 7) is 12.4. The average Bonchev–Trinajstić information content (AvgIpc) is 2.29. The fourth-order valence-electron chi connectivity index (χ4n) is 2.56. The first-order valence-electron chi connectivity index (χ1n) is 6.71. The predicted octanol–water partition coefficient (Wildman–Crippen LogP) is 3.52. The lowest BCUT2D eigenvalue weighted by molar-refractivity contribution is 0.376. The van der Waals surface area contributed by atoms with Crippen LogP contribution >= 0.6 is 0 Å². The van der Waals surface area contributed by atoms with E-state index in [4.69, 9.17) is 0 Å². The van der Waals surface area contributed by atoms with Gasteiger partial charge in [-0.05, 0) is 49.9 Å². The minimum Gasteiger partial charge on any atom is -0.314 e. The maximum atomic E-state index is 4.19. The van der Waals surface area contributed by atoms with Crippen LogP contribution in [0.25, 0.3) is 0 Å². The van der Waals surface area contributed by atoms with Crippen LogP contribution in [-0.2, 0) is 0 Å². The Morgan fingerprint density at radius 3 is 2.53 bits per heavy atom. The first-order valence-corrected chi connectivity index (χ1v) is 6.71. The molecule has 1 heterocycles. The van der Waals surface area contributed by atoms with E-state index in [9.17, 15) is 0 Å². The van der Waals surface area contributed by atoms with Crippen molar-refractivity contribution in [1.29, 1.82) is 0 Å². The molecule has 17 heavy (non-hydrogen) atoms. The number of aromatic nitrogens is 1. The maximum Gasteiger partial charge on any atom is 0.0299 e. The Morgan fingerprint density at radius 2 is 2.00 bits per heavy atom. The predicted molar refractivity (Wildman–Crippen MR) is 74.3 cm³/mol. The van der Waals surface area contributed by atoms with Gasteiger partial charge in [-0.25, -0.2) is 0 Å². The lowest BCUT2D eigenvalue weighted by Gasteiger charge is -2.30. The Kier molecular flexibility index (Phi) is 5.63. The van der Waals surface area contributed by atoms with Crippen LogP contribution in [0.3, 0.4) is 0 Å². The summed E-state index contributed by atoms with van der Waals surface area (Å²) in [5.41, 5.74) is 2.74. The van der Waals surface area contributed by atoms with Crippen LogP contribution in [0.4, 0.5) is 0 Å². The standard InChI is InChI=1S/C15H26N2/c1-6-8-17-13(5)15(11(2)3)14-7-9-16-10-12(14)4/h7,9-11,13,15,17H,6,8H2,1-5H3. The van der Waals surface area contributed by atoms with E-state index in [2.05, 4.69) is 51.0 Å². The van der Waals surface area contributed by atoms with Gasteiger partial charge in [-0.15, -0.1) is 0 Å². The first kappa shape index (κ1) is 14.2. The monoisotopic (exact) mass is 234 g/mol. The average molecular weight is 234 g/mol. The summed E-state index contributed by atoms with van der Waals surface area (Å²) < 4.78 is 0. The molecule has 2 heteroatoms. The summed E-state index contributed by atoms with van der Waals surface area (Å²) in [7, 11) is 0. The van der Waals surface area contributed by atoms with Crippen LogP contribution in [-0.4, -0.2) is 17.6 Å². The molecular weight excluding hydrogens is 208 g/mol. The van der Waals surface area contributed by atoms with Gasteiger partial charge in [0.05, 0.1) is 0 Å². The van der Waals surface area contributed by atoms with Crippen LogP contribution in [0, 0.1) is 12.8 Å². The molecule has 2 nitrogen and oxygen atoms in total. The maximum absolute atomic E-state index is 4.19. The highest BCUT2D eigenvalue weighted by atomic mass is 14.9. The summed E-state index contributed by atoms with van der Waals surface area (Å²) >= 11 is 0. The minimum atomic E-state index is 0.510. The molecule has 0 radical (unpaired) electrons. The van der Waals surface area contributed by atoms with Crippen LogP contribution in [0.5, 0.6) is 0 Å². The topological polar surface area (TPSA) is 24.9 Å². The summed E-state index contributed by atoms with van der Waals surface area (Å²) in [4.78, 5) is 4.19. The van der Waals surface area contributed by atoms with Crippen molar-refractivity contribution in [2.75, 3.05) is 6.54 Å². The number of pyridine rings is 1. The number of hydrogen-bond acceptors (Lipinski definition) is 2. The summed E-state index contributed by atoms with van der Waals surface area (Å²) in [6.07, 6.45) is 5.06. The zero-order valence-corrected chi connectivity index (χ0v) is 11.8. The Morgan fingerprint density at radius 1 is 1.29 bits per heavy atom. The first-order chi connectivity index (χ1) is 8.07. The van der Waals surface area contributed by atoms with Crippen molar-refractivity contribution in [3.63, 3.8) is 0 Å². The van der Waals surface area contributed by atoms with E-state index >= 15 is 0 Å². The van der Waals surface area contributed by atoms with Gasteiger partial charge < -0.3 is 5.32 Å². The second-order valence-electron chi connectivity index (χ2n) is 5.24. The van der Waals surface area contributed by atoms with Crippen molar-refractivity contribution in [2.24, 2.45) is 5.92 Å². The van der Waals surface area contributed by atoms with Gasteiger partial charge >= 0.3 is 0 Å². The van der Waals surface area contributed by atoms with Crippen molar-refractivity contribution in [3.8, 4) is 0 Å². The fraction of sp³-hybridized carbons (Fsp3) is 0.667. The molecule has 0 saturated carbocycles. The molecule has 0 amide bonds. The number of hydrogen-bond donors (Lipinski definition) is 1. The van der Waals surface area contributed by atoms with Gasteiger partial charge in [-0.3, -0.25) is 4.98 Å². The summed E-state index contributed by atoms with van der Waals surface area (Å²) in [5.74, 6) is 1.19. The highest BCUT2D eigenvalue weighted by Gasteiger charge is 2.23. The van der Waals surface area contributed by atoms with Crippen molar-refractivity contribution in [2.45, 2.75) is 53.0 Å². The van der Waals surface area contributed by atoms with Gasteiger partial charge in [0.25, 0.3) is 0 Å². The lowest BCUT2D eigenvalue weighted by Crippen LogP contribution is -2.35. The molecule has 0 aromatic carbocycles. The number of rotatable bonds is 6. The molecule has 1 N–H and O–H groups in total. The highest BCUT2D eigenvalue weighted by Crippen LogP contribution is 2.29. The number of nitrogens with zero attached hydrogens (tertiary/aromatic N) is 1. The number of nitrogens with one attached hydrogen (secondary N) is 1. The quantitative estimate of drug-likeness (QED) is 0.814. The summed E-state index contributed by atoms with van der Waals surface area (Å²) in [5, 5.41) is 3.62. The molecule has 0 aliphatic carbocycles. The Hall–Kier alpha value is -0.890. The van der Waals surface area contributed by atoms with Crippen LogP contribution in [0.15, 0.2) is 18.5 Å². The molecule has 0 spiro atoms. The van der Waals surface area contributed by atoms with Gasteiger partial charge in [-0.2, -0.15) is 0 Å². The molecule has 0 saturated heterocycles. The zero-order chi connectivity index (χ0) is 12.8. The summed E-state index contributed by atoms with van der Waals surface area (Å²) in [6, 6.07) is 2.68. The number of aryl methyl sites for hydroxylation is 1. The van der Waals surface area contributed by atoms with Gasteiger partial charge in [0.15, 0.2) is 0 Å². The molecule has 0 bridgehead atoms. The van der Waals surface area contributed by atoms with E-state index in [1.54, 1.807) is 0 Å². The zero-order valence-electron chi connectivity index (χ0n) is 11.8. The lowest BCUT2D eigenvalue weighted by atomic mass is 9.81. The largest absolute Gasteiger partial charge is 0.314 e. The van der Waals surface area contributed by atoms with Crippen LogP contribution in [0.2, 0.25) is 0 Å². The third kappa shape index (κ3) is 3.81. The van der Waals surface area contributed by atoms with E-state index in [0.29, 0.717) is 17.9 Å². The van der Waals surface area contributed by atoms with Crippen LogP contribution in [0.1, 0.15) is 51.2 Å². The van der Waals surface area contributed by atoms with Crippen molar-refractivity contribution < 1.29 is 0 Å². The van der Waals surface area contributed by atoms with Gasteiger partial charge in [0, 0.05) is 24.4 Å². The van der Waals surface area contributed by atoms with E-state index < -0.39 is 0 Å². The van der Waals surface area contributed by atoms with Gasteiger partial charge in [0.1, 0.15) is 0 Å². The molecule has 1 aromatic heterocycles. The Labute approximate surface area is 106 Å². The minimum absolute atomic E-state index is 0.510. The van der Waals surface area contributed by atoms with Crippen LogP contribution < -0.4 is 5.32 Å². The SMILES string of the molecule is CCCNC(C)C(c1ccncc1C)C(C)C. The van der Waals surface area contributed by atoms with E-state index in [-0.39, 0.29) is 0 Å². The van der Waals surface area contributed by atoms with Gasteiger partial charge in [-0.1, -0.05) is 20.8 Å². The second-order valence-corrected chi connectivity index (χ2v) is 5.24. The van der Waals surface area contributed by atoms with Gasteiger partial charge in [0.2, 0.25) is 0 Å². The normalized spacial score (nSPS) is 14.9. The molecule has 1 aromatic rings. The third-order valence-electron chi connectivity index (χ3n) is 3.40. The van der Waals surface area contributed by atoms with Crippen molar-refractivity contribution in [3.05, 3.63) is 29.6 Å². The molecule has 2 atom stereocenters. The molecule has 96 valence electrons. The molecule has 1 rings (SSSR count). The Balaban J connectivity index is 2.89.